The molecule has 0 atom stereocenters. The Labute approximate surface area is 96.0 Å². The van der Waals surface area contributed by atoms with Crippen molar-refractivity contribution in [2.24, 2.45) is 0 Å². The van der Waals surface area contributed by atoms with Gasteiger partial charge in [-0.3, -0.25) is 4.68 Å². The lowest BCUT2D eigenvalue weighted by Crippen LogP contribution is -2.10. The second-order valence-electron chi connectivity index (χ2n) is 4.12. The predicted octanol–water partition coefficient (Wildman–Crippen LogP) is 3.22. The van der Waals surface area contributed by atoms with Gasteiger partial charge < -0.3 is 5.73 Å². The van der Waals surface area contributed by atoms with Crippen molar-refractivity contribution in [3.05, 3.63) is 23.8 Å². The Hall–Kier alpha value is -1.72. The van der Waals surface area contributed by atoms with E-state index in [1.807, 2.05) is 0 Å². The summed E-state index contributed by atoms with van der Waals surface area (Å²) in [6.45, 7) is 3.53. The highest BCUT2D eigenvalue weighted by Crippen LogP contribution is 2.37. The number of aromatic nitrogens is 2. The Bertz CT molecular complexity index is 555. The Morgan fingerprint density at radius 1 is 1.29 bits per heavy atom. The van der Waals surface area contributed by atoms with Crippen LogP contribution in [0, 0.1) is 0 Å². The van der Waals surface area contributed by atoms with E-state index in [4.69, 9.17) is 5.73 Å². The van der Waals surface area contributed by atoms with Crippen LogP contribution in [0.1, 0.15) is 25.5 Å². The number of nitrogen functional groups attached to an aromatic ring is 1. The molecule has 3 nitrogen and oxygen atoms in total. The van der Waals surface area contributed by atoms with E-state index in [1.165, 1.54) is 10.7 Å². The molecule has 2 rings (SSSR count). The summed E-state index contributed by atoms with van der Waals surface area (Å²) in [6, 6.07) is 3.75. The summed E-state index contributed by atoms with van der Waals surface area (Å²) in [4.78, 5) is 0. The van der Waals surface area contributed by atoms with Gasteiger partial charge in [0.05, 0.1) is 11.1 Å². The maximum atomic E-state index is 12.9. The smallest absolute Gasteiger partial charge is 0.382 e. The van der Waals surface area contributed by atoms with Crippen LogP contribution >= 0.6 is 0 Å². The van der Waals surface area contributed by atoms with Gasteiger partial charge in [0.2, 0.25) is 0 Å². The van der Waals surface area contributed by atoms with Gasteiger partial charge >= 0.3 is 6.18 Å². The molecule has 1 heterocycles. The molecule has 1 aromatic carbocycles. The summed E-state index contributed by atoms with van der Waals surface area (Å²) >= 11 is 0. The van der Waals surface area contributed by atoms with Crippen molar-refractivity contribution in [3.63, 3.8) is 0 Å². The second-order valence-corrected chi connectivity index (χ2v) is 4.12. The number of alkyl halides is 3. The average Bonchev–Trinajstić information content (AvgIpc) is 2.55. The first kappa shape index (κ1) is 11.8. The molecule has 0 aliphatic carbocycles. The van der Waals surface area contributed by atoms with E-state index in [-0.39, 0.29) is 17.4 Å². The minimum Gasteiger partial charge on any atom is -0.382 e. The lowest BCUT2D eigenvalue weighted by atomic mass is 10.1. The fraction of sp³-hybridized carbons (Fsp3) is 0.364. The zero-order chi connectivity index (χ0) is 12.8. The third-order valence-corrected chi connectivity index (χ3v) is 2.55. The van der Waals surface area contributed by atoms with Crippen LogP contribution in [0.25, 0.3) is 10.9 Å². The first-order valence-corrected chi connectivity index (χ1v) is 5.16. The number of para-hydroxylation sites is 1. The number of nitrogens with zero attached hydrogens (tertiary/aromatic N) is 2. The number of benzene rings is 1. The van der Waals surface area contributed by atoms with E-state index >= 15 is 0 Å². The molecule has 0 aliphatic heterocycles. The van der Waals surface area contributed by atoms with E-state index in [2.05, 4.69) is 5.10 Å². The van der Waals surface area contributed by atoms with Crippen LogP contribution in [0.5, 0.6) is 0 Å². The molecule has 0 radical (unpaired) electrons. The van der Waals surface area contributed by atoms with Gasteiger partial charge in [0.25, 0.3) is 0 Å². The van der Waals surface area contributed by atoms with Crippen molar-refractivity contribution in [2.45, 2.75) is 26.1 Å². The molecule has 0 bridgehead atoms. The van der Waals surface area contributed by atoms with Gasteiger partial charge in [0.1, 0.15) is 0 Å². The summed E-state index contributed by atoms with van der Waals surface area (Å²) in [5.74, 6) is 0.125. The van der Waals surface area contributed by atoms with Gasteiger partial charge in [0.15, 0.2) is 5.82 Å². The molecule has 0 aliphatic rings. The zero-order valence-electron chi connectivity index (χ0n) is 9.42. The monoisotopic (exact) mass is 243 g/mol. The molecule has 0 saturated heterocycles. The van der Waals surface area contributed by atoms with Crippen molar-refractivity contribution >= 4 is 16.7 Å². The molecule has 0 unspecified atom stereocenters. The van der Waals surface area contributed by atoms with Gasteiger partial charge in [-0.25, -0.2) is 0 Å². The highest BCUT2D eigenvalue weighted by Gasteiger charge is 2.34. The van der Waals surface area contributed by atoms with E-state index < -0.39 is 11.7 Å². The Kier molecular flexibility index (Phi) is 2.52. The van der Waals surface area contributed by atoms with Crippen LogP contribution in [-0.2, 0) is 6.18 Å². The normalized spacial score (nSPS) is 12.6. The lowest BCUT2D eigenvalue weighted by molar-refractivity contribution is -0.136. The minimum absolute atomic E-state index is 0.0486. The van der Waals surface area contributed by atoms with Gasteiger partial charge in [-0.1, -0.05) is 6.07 Å². The zero-order valence-corrected chi connectivity index (χ0v) is 9.42. The molecule has 0 spiro atoms. The van der Waals surface area contributed by atoms with E-state index in [9.17, 15) is 13.2 Å². The number of rotatable bonds is 1. The Morgan fingerprint density at radius 2 is 1.94 bits per heavy atom. The van der Waals surface area contributed by atoms with Crippen LogP contribution in [-0.4, -0.2) is 9.78 Å². The van der Waals surface area contributed by atoms with Crippen LogP contribution < -0.4 is 5.73 Å². The number of fused-ring (bicyclic) bond motifs is 1. The summed E-state index contributed by atoms with van der Waals surface area (Å²) in [5.41, 5.74) is 4.98. The van der Waals surface area contributed by atoms with Gasteiger partial charge in [-0.15, -0.1) is 0 Å². The Morgan fingerprint density at radius 3 is 2.47 bits per heavy atom. The number of halogens is 3. The van der Waals surface area contributed by atoms with Crippen LogP contribution in [0.4, 0.5) is 19.0 Å². The number of nitrogens with two attached hydrogens (primary N) is 1. The van der Waals surface area contributed by atoms with Crippen molar-refractivity contribution in [3.8, 4) is 0 Å². The van der Waals surface area contributed by atoms with Gasteiger partial charge in [-0.2, -0.15) is 18.3 Å². The summed E-state index contributed by atoms with van der Waals surface area (Å²) in [6.07, 6.45) is -4.40. The fourth-order valence-electron chi connectivity index (χ4n) is 1.82. The average molecular weight is 243 g/mol. The molecule has 17 heavy (non-hydrogen) atoms. The maximum Gasteiger partial charge on any atom is 0.418 e. The van der Waals surface area contributed by atoms with E-state index in [0.29, 0.717) is 5.39 Å². The fourth-order valence-corrected chi connectivity index (χ4v) is 1.82. The highest BCUT2D eigenvalue weighted by atomic mass is 19.4. The van der Waals surface area contributed by atoms with Gasteiger partial charge in [-0.05, 0) is 26.0 Å². The van der Waals surface area contributed by atoms with Crippen molar-refractivity contribution < 1.29 is 13.2 Å². The third kappa shape index (κ3) is 1.83. The first-order chi connectivity index (χ1) is 7.82. The molecule has 6 heteroatoms. The summed E-state index contributed by atoms with van der Waals surface area (Å²) < 4.78 is 40.0. The molecule has 0 fully saturated rings. The molecule has 0 saturated carbocycles. The maximum absolute atomic E-state index is 12.9. The summed E-state index contributed by atoms with van der Waals surface area (Å²) in [5, 5.41) is 4.30. The molecule has 1 aromatic heterocycles. The third-order valence-electron chi connectivity index (χ3n) is 2.55. The highest BCUT2D eigenvalue weighted by molar-refractivity contribution is 5.91. The van der Waals surface area contributed by atoms with E-state index in [1.54, 1.807) is 19.9 Å². The quantitative estimate of drug-likeness (QED) is 0.835. The largest absolute Gasteiger partial charge is 0.418 e. The van der Waals surface area contributed by atoms with Crippen molar-refractivity contribution in [2.75, 3.05) is 5.73 Å². The standard InChI is InChI=1S/C11H12F3N3/c1-6(2)17-9-7(10(15)16-17)4-3-5-8(9)11(12,13)14/h3-6H,1-2H3,(H2,15,16). The first-order valence-electron chi connectivity index (χ1n) is 5.16. The summed E-state index contributed by atoms with van der Waals surface area (Å²) in [7, 11) is 0. The number of anilines is 1. The number of hydrogen-bond donors (Lipinski definition) is 1. The second kappa shape index (κ2) is 3.65. The van der Waals surface area contributed by atoms with Crippen molar-refractivity contribution in [1.82, 2.24) is 9.78 Å². The predicted molar refractivity (Wildman–Crippen MR) is 59.5 cm³/mol. The van der Waals surface area contributed by atoms with Crippen molar-refractivity contribution in [1.29, 1.82) is 0 Å². The van der Waals surface area contributed by atoms with Crippen LogP contribution in [0.15, 0.2) is 18.2 Å². The minimum atomic E-state index is -4.40. The molecule has 2 aromatic rings. The van der Waals surface area contributed by atoms with Crippen LogP contribution in [0.2, 0.25) is 0 Å². The van der Waals surface area contributed by atoms with Crippen LogP contribution in [0.3, 0.4) is 0 Å². The number of hydrogen-bond acceptors (Lipinski definition) is 2. The van der Waals surface area contributed by atoms with Gasteiger partial charge in [0, 0.05) is 11.4 Å². The Balaban J connectivity index is 2.86. The van der Waals surface area contributed by atoms with E-state index in [0.717, 1.165) is 6.07 Å². The lowest BCUT2D eigenvalue weighted by Gasteiger charge is -2.12. The topological polar surface area (TPSA) is 43.8 Å². The molecule has 92 valence electrons. The molecule has 2 N–H and O–H groups in total. The SMILES string of the molecule is CC(C)n1nc(N)c2cccc(C(F)(F)F)c21. The molecule has 0 amide bonds. The molecular weight excluding hydrogens is 231 g/mol. The molecular formula is C11H12F3N3.